The highest BCUT2D eigenvalue weighted by atomic mass is 35.5. The quantitative estimate of drug-likeness (QED) is 0.741. The number of imidazole rings is 2. The Morgan fingerprint density at radius 3 is 2.63 bits per heavy atom. The Hall–Kier alpha value is -2.01. The van der Waals surface area contributed by atoms with Crippen molar-refractivity contribution in [2.45, 2.75) is 13.8 Å². The molecule has 0 amide bonds. The lowest BCUT2D eigenvalue weighted by Crippen LogP contribution is -2.11. The Balaban J connectivity index is 0.00000133. The van der Waals surface area contributed by atoms with Gasteiger partial charge in [-0.15, -0.1) is 12.4 Å². The molecule has 6 heteroatoms. The van der Waals surface area contributed by atoms with Crippen LogP contribution >= 0.6 is 12.4 Å². The number of fused-ring (bicyclic) bond motifs is 1. The molecule has 0 radical (unpaired) electrons. The first-order valence-electron chi connectivity index (χ1n) is 5.77. The molecule has 3 aromatic rings. The average Bonchev–Trinajstić information content (AvgIpc) is 2.84. The van der Waals surface area contributed by atoms with Crippen LogP contribution in [0.1, 0.15) is 11.4 Å². The number of nitrogens with one attached hydrogen (secondary N) is 1. The number of benzene rings is 1. The van der Waals surface area contributed by atoms with Crippen LogP contribution in [-0.2, 0) is 7.05 Å². The van der Waals surface area contributed by atoms with Crippen molar-refractivity contribution in [3.05, 3.63) is 46.4 Å². The van der Waals surface area contributed by atoms with Gasteiger partial charge in [0.25, 0.3) is 0 Å². The first kappa shape index (κ1) is 13.4. The molecule has 0 aliphatic heterocycles. The second kappa shape index (κ2) is 4.59. The smallest absolute Gasteiger partial charge is 0.306 e. The molecule has 100 valence electrons. The van der Waals surface area contributed by atoms with E-state index in [1.54, 1.807) is 17.8 Å². The van der Waals surface area contributed by atoms with Crippen LogP contribution in [0.25, 0.3) is 16.7 Å². The fraction of sp³-hybridized carbons (Fsp3) is 0.231. The SMILES string of the molecule is Cc1cc2[nH]c(=O)n(C)c2cc1-n1ccnc1C.Cl. The van der Waals surface area contributed by atoms with E-state index in [-0.39, 0.29) is 18.1 Å². The summed E-state index contributed by atoms with van der Waals surface area (Å²) in [4.78, 5) is 18.7. The van der Waals surface area contributed by atoms with Crippen LogP contribution in [0.3, 0.4) is 0 Å². The summed E-state index contributed by atoms with van der Waals surface area (Å²) in [5, 5.41) is 0. The van der Waals surface area contributed by atoms with E-state index in [4.69, 9.17) is 0 Å². The minimum Gasteiger partial charge on any atom is -0.306 e. The van der Waals surface area contributed by atoms with Crippen molar-refractivity contribution < 1.29 is 0 Å². The lowest BCUT2D eigenvalue weighted by atomic mass is 10.1. The van der Waals surface area contributed by atoms with Crippen LogP contribution in [0.15, 0.2) is 29.3 Å². The van der Waals surface area contributed by atoms with Crippen molar-refractivity contribution in [2.75, 3.05) is 0 Å². The van der Waals surface area contributed by atoms with Crippen molar-refractivity contribution in [3.8, 4) is 5.69 Å². The molecule has 0 bridgehead atoms. The summed E-state index contributed by atoms with van der Waals surface area (Å²) in [6.07, 6.45) is 3.70. The number of aromatic nitrogens is 4. The van der Waals surface area contributed by atoms with Crippen molar-refractivity contribution in [1.82, 2.24) is 19.1 Å². The molecule has 0 unspecified atom stereocenters. The molecule has 0 fully saturated rings. The van der Waals surface area contributed by atoms with Crippen molar-refractivity contribution in [3.63, 3.8) is 0 Å². The summed E-state index contributed by atoms with van der Waals surface area (Å²) in [5.74, 6) is 0.929. The van der Waals surface area contributed by atoms with Crippen molar-refractivity contribution >= 4 is 23.4 Å². The zero-order valence-corrected chi connectivity index (χ0v) is 11.8. The van der Waals surface area contributed by atoms with Gasteiger partial charge in [0.05, 0.1) is 16.7 Å². The van der Waals surface area contributed by atoms with Crippen LogP contribution in [0.2, 0.25) is 0 Å². The molecule has 19 heavy (non-hydrogen) atoms. The maximum Gasteiger partial charge on any atom is 0.326 e. The van der Waals surface area contributed by atoms with E-state index in [1.807, 2.05) is 36.7 Å². The van der Waals surface area contributed by atoms with Gasteiger partial charge in [-0.2, -0.15) is 0 Å². The summed E-state index contributed by atoms with van der Waals surface area (Å²) in [6, 6.07) is 4.00. The molecule has 2 aromatic heterocycles. The number of hydrogen-bond donors (Lipinski definition) is 1. The van der Waals surface area contributed by atoms with Crippen LogP contribution in [0, 0.1) is 13.8 Å². The number of hydrogen-bond acceptors (Lipinski definition) is 2. The Kier molecular flexibility index (Phi) is 3.24. The zero-order valence-electron chi connectivity index (χ0n) is 11.0. The van der Waals surface area contributed by atoms with Gasteiger partial charge >= 0.3 is 5.69 Å². The number of rotatable bonds is 1. The number of aromatic amines is 1. The zero-order chi connectivity index (χ0) is 12.9. The summed E-state index contributed by atoms with van der Waals surface area (Å²) < 4.78 is 3.64. The van der Waals surface area contributed by atoms with E-state index in [2.05, 4.69) is 9.97 Å². The van der Waals surface area contributed by atoms with Crippen LogP contribution < -0.4 is 5.69 Å². The first-order valence-corrected chi connectivity index (χ1v) is 5.77. The summed E-state index contributed by atoms with van der Waals surface area (Å²) in [5.41, 5.74) is 3.82. The third-order valence-electron chi connectivity index (χ3n) is 3.31. The van der Waals surface area contributed by atoms with Gasteiger partial charge in [0.1, 0.15) is 5.82 Å². The molecule has 2 heterocycles. The maximum atomic E-state index is 11.6. The van der Waals surface area contributed by atoms with Gasteiger partial charge in [-0.05, 0) is 31.5 Å². The van der Waals surface area contributed by atoms with Crippen molar-refractivity contribution in [2.24, 2.45) is 7.05 Å². The predicted octanol–water partition coefficient (Wildman–Crippen LogP) is 2.09. The number of H-pyrrole nitrogens is 1. The molecular formula is C13H15ClN4O. The lowest BCUT2D eigenvalue weighted by molar-refractivity contribution is 0.889. The third-order valence-corrected chi connectivity index (χ3v) is 3.31. The lowest BCUT2D eigenvalue weighted by Gasteiger charge is -2.09. The standard InChI is InChI=1S/C13H14N4O.ClH/c1-8-6-10-12(16(3)13(18)15-10)7-11(8)17-5-4-14-9(17)2;/h4-7H,1-3H3,(H,15,18);1H. The summed E-state index contributed by atoms with van der Waals surface area (Å²) in [7, 11) is 1.76. The molecule has 0 saturated heterocycles. The van der Waals surface area contributed by atoms with Gasteiger partial charge in [-0.25, -0.2) is 9.78 Å². The highest BCUT2D eigenvalue weighted by molar-refractivity contribution is 5.85. The van der Waals surface area contributed by atoms with Crippen molar-refractivity contribution in [1.29, 1.82) is 0 Å². The molecule has 0 aliphatic carbocycles. The monoisotopic (exact) mass is 278 g/mol. The van der Waals surface area contributed by atoms with Gasteiger partial charge < -0.3 is 9.55 Å². The molecule has 0 spiro atoms. The van der Waals surface area contributed by atoms with Gasteiger partial charge in [0.2, 0.25) is 0 Å². The molecule has 0 saturated carbocycles. The van der Waals surface area contributed by atoms with Gasteiger partial charge in [-0.3, -0.25) is 4.57 Å². The normalized spacial score (nSPS) is 10.7. The predicted molar refractivity (Wildman–Crippen MR) is 77.4 cm³/mol. The molecule has 5 nitrogen and oxygen atoms in total. The number of aryl methyl sites for hydroxylation is 3. The second-order valence-electron chi connectivity index (χ2n) is 4.49. The number of nitrogens with zero attached hydrogens (tertiary/aromatic N) is 3. The van der Waals surface area contributed by atoms with Gasteiger partial charge in [0, 0.05) is 19.4 Å². The second-order valence-corrected chi connectivity index (χ2v) is 4.49. The highest BCUT2D eigenvalue weighted by Gasteiger charge is 2.09. The van der Waals surface area contributed by atoms with E-state index in [1.165, 1.54) is 0 Å². The molecular weight excluding hydrogens is 264 g/mol. The topological polar surface area (TPSA) is 55.6 Å². The molecule has 1 aromatic carbocycles. The van der Waals surface area contributed by atoms with E-state index in [0.717, 1.165) is 28.1 Å². The molecule has 3 rings (SSSR count). The largest absolute Gasteiger partial charge is 0.326 e. The minimum atomic E-state index is -0.0936. The Morgan fingerprint density at radius 2 is 2.00 bits per heavy atom. The van der Waals surface area contributed by atoms with Crippen LogP contribution in [-0.4, -0.2) is 19.1 Å². The fourth-order valence-corrected chi connectivity index (χ4v) is 2.26. The first-order chi connectivity index (χ1) is 8.58. The Morgan fingerprint density at radius 1 is 1.26 bits per heavy atom. The van der Waals surface area contributed by atoms with E-state index >= 15 is 0 Å². The average molecular weight is 279 g/mol. The summed E-state index contributed by atoms with van der Waals surface area (Å²) >= 11 is 0. The molecule has 0 aliphatic rings. The highest BCUT2D eigenvalue weighted by Crippen LogP contribution is 2.21. The van der Waals surface area contributed by atoms with E-state index in [0.29, 0.717) is 0 Å². The Bertz CT molecular complexity index is 797. The fourth-order valence-electron chi connectivity index (χ4n) is 2.26. The maximum absolute atomic E-state index is 11.6. The molecule has 1 N–H and O–H groups in total. The van der Waals surface area contributed by atoms with E-state index in [9.17, 15) is 4.79 Å². The molecule has 0 atom stereocenters. The number of halogens is 1. The van der Waals surface area contributed by atoms with Gasteiger partial charge in [0.15, 0.2) is 0 Å². The third kappa shape index (κ3) is 1.96. The van der Waals surface area contributed by atoms with E-state index < -0.39 is 0 Å². The minimum absolute atomic E-state index is 0. The Labute approximate surface area is 116 Å². The van der Waals surface area contributed by atoms with Crippen LogP contribution in [0.5, 0.6) is 0 Å². The summed E-state index contributed by atoms with van der Waals surface area (Å²) in [6.45, 7) is 3.99. The van der Waals surface area contributed by atoms with Gasteiger partial charge in [-0.1, -0.05) is 0 Å². The van der Waals surface area contributed by atoms with Crippen LogP contribution in [0.4, 0.5) is 0 Å².